The largest absolute Gasteiger partial charge is 0.404 e. The summed E-state index contributed by atoms with van der Waals surface area (Å²) in [5.41, 5.74) is 6.46. The molecule has 0 unspecified atom stereocenters. The fourth-order valence-corrected chi connectivity index (χ4v) is 0.581. The maximum Gasteiger partial charge on any atom is 0.0361 e. The third-order valence-electron chi connectivity index (χ3n) is 1.28. The molecule has 66 valence electrons. The van der Waals surface area contributed by atoms with E-state index in [4.69, 9.17) is 5.73 Å². The van der Waals surface area contributed by atoms with Gasteiger partial charge in [0, 0.05) is 12.8 Å². The van der Waals surface area contributed by atoms with Gasteiger partial charge in [0.05, 0.1) is 0 Å². The van der Waals surface area contributed by atoms with E-state index in [9.17, 15) is 0 Å². The molecule has 0 aromatic carbocycles. The number of hydrogen-bond donors (Lipinski definition) is 1. The second kappa shape index (κ2) is 8.04. The van der Waals surface area contributed by atoms with Crippen LogP contribution in [-0.4, -0.2) is 12.8 Å². The van der Waals surface area contributed by atoms with Crippen LogP contribution in [0.4, 0.5) is 0 Å². The quantitative estimate of drug-likeness (QED) is 0.618. The van der Waals surface area contributed by atoms with Crippen LogP contribution in [0.1, 0.15) is 20.8 Å². The first-order valence-corrected chi connectivity index (χ1v) is 3.64. The summed E-state index contributed by atoms with van der Waals surface area (Å²) in [6.07, 6.45) is 3.45. The molecule has 0 spiro atoms. The Morgan fingerprint density at radius 1 is 1.55 bits per heavy atom. The minimum absolute atomic E-state index is 0. The zero-order valence-electron chi connectivity index (χ0n) is 7.37. The lowest BCUT2D eigenvalue weighted by molar-refractivity contribution is 0.802. The molecule has 0 bridgehead atoms. The van der Waals surface area contributed by atoms with E-state index < -0.39 is 0 Å². The first kappa shape index (κ1) is 13.5. The molecule has 0 aliphatic heterocycles. The third-order valence-corrected chi connectivity index (χ3v) is 1.28. The van der Waals surface area contributed by atoms with Crippen LogP contribution in [0.3, 0.4) is 0 Å². The summed E-state index contributed by atoms with van der Waals surface area (Å²) in [5, 5.41) is 0. The van der Waals surface area contributed by atoms with E-state index in [0.29, 0.717) is 5.92 Å². The van der Waals surface area contributed by atoms with Crippen LogP contribution in [0.5, 0.6) is 0 Å². The van der Waals surface area contributed by atoms with Gasteiger partial charge in [-0.15, -0.1) is 24.0 Å². The Hall–Kier alpha value is -0.0600. The number of aliphatic imine (C=N–C) groups is 1. The average Bonchev–Trinajstić information content (AvgIpc) is 1.89. The standard InChI is InChI=1S/C8H16N2.HI/c1-4-10-6-8(5-9)7(2)3;/h5-7H,4,9H2,1-3H3;1H/b8-5+,10-6?;. The highest BCUT2D eigenvalue weighted by molar-refractivity contribution is 14.0. The molecular formula is C8H17IN2. The van der Waals surface area contributed by atoms with Crippen molar-refractivity contribution in [2.24, 2.45) is 16.6 Å². The zero-order valence-corrected chi connectivity index (χ0v) is 9.70. The first-order chi connectivity index (χ1) is 4.72. The minimum atomic E-state index is 0. The van der Waals surface area contributed by atoms with Crippen molar-refractivity contribution in [3.8, 4) is 0 Å². The number of rotatable bonds is 3. The second-order valence-electron chi connectivity index (χ2n) is 2.45. The van der Waals surface area contributed by atoms with Gasteiger partial charge >= 0.3 is 0 Å². The lowest BCUT2D eigenvalue weighted by Gasteiger charge is -2.02. The Balaban J connectivity index is 0. The fourth-order valence-electron chi connectivity index (χ4n) is 0.581. The lowest BCUT2D eigenvalue weighted by Crippen LogP contribution is -1.99. The average molecular weight is 268 g/mol. The van der Waals surface area contributed by atoms with Gasteiger partial charge in [-0.1, -0.05) is 13.8 Å². The molecular weight excluding hydrogens is 251 g/mol. The molecule has 0 aliphatic rings. The van der Waals surface area contributed by atoms with E-state index in [1.54, 1.807) is 6.20 Å². The van der Waals surface area contributed by atoms with Gasteiger partial charge in [-0.05, 0) is 24.6 Å². The predicted molar refractivity (Wildman–Crippen MR) is 61.6 cm³/mol. The summed E-state index contributed by atoms with van der Waals surface area (Å²) in [6, 6.07) is 0. The van der Waals surface area contributed by atoms with Crippen molar-refractivity contribution < 1.29 is 0 Å². The van der Waals surface area contributed by atoms with Crippen LogP contribution in [0.2, 0.25) is 0 Å². The Bertz CT molecular complexity index is 139. The molecule has 0 saturated heterocycles. The summed E-state index contributed by atoms with van der Waals surface area (Å²) in [4.78, 5) is 4.09. The van der Waals surface area contributed by atoms with E-state index in [1.165, 1.54) is 0 Å². The fraction of sp³-hybridized carbons (Fsp3) is 0.625. The summed E-state index contributed by atoms with van der Waals surface area (Å²) in [6.45, 7) is 7.02. The summed E-state index contributed by atoms with van der Waals surface area (Å²) < 4.78 is 0. The van der Waals surface area contributed by atoms with Crippen molar-refractivity contribution in [1.82, 2.24) is 0 Å². The Morgan fingerprint density at radius 3 is 2.36 bits per heavy atom. The molecule has 0 aliphatic carbocycles. The Labute approximate surface area is 86.0 Å². The van der Waals surface area contributed by atoms with Crippen molar-refractivity contribution in [3.63, 3.8) is 0 Å². The van der Waals surface area contributed by atoms with Crippen LogP contribution in [0.25, 0.3) is 0 Å². The first-order valence-electron chi connectivity index (χ1n) is 3.64. The van der Waals surface area contributed by atoms with Crippen LogP contribution in [0, 0.1) is 5.92 Å². The summed E-state index contributed by atoms with van der Waals surface area (Å²) in [5.74, 6) is 0.472. The van der Waals surface area contributed by atoms with Crippen molar-refractivity contribution in [2.45, 2.75) is 20.8 Å². The molecule has 0 saturated carbocycles. The van der Waals surface area contributed by atoms with Crippen molar-refractivity contribution >= 4 is 30.2 Å². The highest BCUT2D eigenvalue weighted by Crippen LogP contribution is 2.03. The van der Waals surface area contributed by atoms with Gasteiger partial charge in [-0.2, -0.15) is 0 Å². The van der Waals surface area contributed by atoms with Crippen molar-refractivity contribution in [1.29, 1.82) is 0 Å². The van der Waals surface area contributed by atoms with Gasteiger partial charge in [0.25, 0.3) is 0 Å². The lowest BCUT2D eigenvalue weighted by atomic mass is 10.1. The van der Waals surface area contributed by atoms with Crippen LogP contribution < -0.4 is 5.73 Å². The Morgan fingerprint density at radius 2 is 2.09 bits per heavy atom. The van der Waals surface area contributed by atoms with Gasteiger partial charge in [0.15, 0.2) is 0 Å². The zero-order chi connectivity index (χ0) is 7.98. The van der Waals surface area contributed by atoms with Gasteiger partial charge in [-0.25, -0.2) is 0 Å². The smallest absolute Gasteiger partial charge is 0.0361 e. The SMILES string of the molecule is CCN=C/C(=C\N)C(C)C.I. The van der Waals surface area contributed by atoms with Crippen molar-refractivity contribution in [3.05, 3.63) is 11.8 Å². The normalized spacial score (nSPS) is 12.2. The maximum atomic E-state index is 5.36. The molecule has 0 aromatic rings. The molecule has 0 rings (SSSR count). The number of halogens is 1. The highest BCUT2D eigenvalue weighted by atomic mass is 127. The number of nitrogens with two attached hydrogens (primary N) is 1. The molecule has 0 fully saturated rings. The second-order valence-corrected chi connectivity index (χ2v) is 2.45. The van der Waals surface area contributed by atoms with Gasteiger partial charge in [0.2, 0.25) is 0 Å². The number of hydrogen-bond acceptors (Lipinski definition) is 2. The predicted octanol–water partition coefficient (Wildman–Crippen LogP) is 2.19. The van der Waals surface area contributed by atoms with Crippen molar-refractivity contribution in [2.75, 3.05) is 6.54 Å². The van der Waals surface area contributed by atoms with E-state index in [2.05, 4.69) is 18.8 Å². The van der Waals surface area contributed by atoms with E-state index in [0.717, 1.165) is 12.1 Å². The molecule has 2 nitrogen and oxygen atoms in total. The Kier molecular flexibility index (Phi) is 9.89. The molecule has 0 aromatic heterocycles. The number of nitrogens with zero attached hydrogens (tertiary/aromatic N) is 1. The van der Waals surface area contributed by atoms with Crippen LogP contribution >= 0.6 is 24.0 Å². The monoisotopic (exact) mass is 268 g/mol. The van der Waals surface area contributed by atoms with Gasteiger partial charge in [0.1, 0.15) is 0 Å². The van der Waals surface area contributed by atoms with Gasteiger partial charge < -0.3 is 5.73 Å². The third kappa shape index (κ3) is 6.34. The number of allylic oxidation sites excluding steroid dienone is 1. The van der Waals surface area contributed by atoms with E-state index in [-0.39, 0.29) is 24.0 Å². The minimum Gasteiger partial charge on any atom is -0.404 e. The molecule has 11 heavy (non-hydrogen) atoms. The summed E-state index contributed by atoms with van der Waals surface area (Å²) >= 11 is 0. The molecule has 0 heterocycles. The maximum absolute atomic E-state index is 5.36. The summed E-state index contributed by atoms with van der Waals surface area (Å²) in [7, 11) is 0. The van der Waals surface area contributed by atoms with Gasteiger partial charge in [-0.3, -0.25) is 4.99 Å². The van der Waals surface area contributed by atoms with E-state index in [1.807, 2.05) is 13.1 Å². The molecule has 0 amide bonds. The molecule has 3 heteroatoms. The molecule has 2 N–H and O–H groups in total. The van der Waals surface area contributed by atoms with E-state index >= 15 is 0 Å². The molecule has 0 radical (unpaired) electrons. The van der Waals surface area contributed by atoms with Crippen LogP contribution in [-0.2, 0) is 0 Å². The highest BCUT2D eigenvalue weighted by Gasteiger charge is 1.96. The molecule has 0 atom stereocenters. The van der Waals surface area contributed by atoms with Crippen LogP contribution in [0.15, 0.2) is 16.8 Å². The topological polar surface area (TPSA) is 38.4 Å².